The third-order valence-corrected chi connectivity index (χ3v) is 6.79. The summed E-state index contributed by atoms with van der Waals surface area (Å²) in [6.07, 6.45) is 1.16. The van der Waals surface area contributed by atoms with Gasteiger partial charge in [0.05, 0.1) is 0 Å². The predicted molar refractivity (Wildman–Crippen MR) is 81.9 cm³/mol. The summed E-state index contributed by atoms with van der Waals surface area (Å²) < 4.78 is 0.0147. The van der Waals surface area contributed by atoms with Gasteiger partial charge in [0, 0.05) is 11.4 Å². The number of likely N-dealkylation sites (N-methyl/N-ethyl adjacent to an activating group) is 1. The Hall–Kier alpha value is -0.390. The molecule has 3 heteroatoms. The minimum atomic E-state index is 0.0147. The average Bonchev–Trinajstić information content (AvgIpc) is 2.88. The average molecular weight is 355 g/mol. The third-order valence-electron chi connectivity index (χ3n) is 3.46. The lowest BCUT2D eigenvalue weighted by atomic mass is 9.92. The van der Waals surface area contributed by atoms with Gasteiger partial charge in [-0.3, -0.25) is 4.90 Å². The molecule has 0 spiro atoms. The summed E-state index contributed by atoms with van der Waals surface area (Å²) >= 11 is 4.45. The molecule has 0 N–H and O–H groups in total. The topological polar surface area (TPSA) is 3.24 Å². The molecule has 0 amide bonds. The number of hydrogen-bond donors (Lipinski definition) is 0. The molecule has 1 nitrogen and oxygen atoms in total. The molecule has 0 aliphatic carbocycles. The lowest BCUT2D eigenvalue weighted by Gasteiger charge is -2.42. The first kappa shape index (κ1) is 11.7. The molecule has 0 radical (unpaired) electrons. The quantitative estimate of drug-likeness (QED) is 0.426. The van der Waals surface area contributed by atoms with Crippen LogP contribution in [0.4, 0.5) is 0 Å². The summed E-state index contributed by atoms with van der Waals surface area (Å²) in [6, 6.07) is 13.2. The largest absolute Gasteiger partial charge is 0.284 e. The Balaban J connectivity index is 2.21. The van der Waals surface area contributed by atoms with Crippen molar-refractivity contribution < 1.29 is 0 Å². The van der Waals surface area contributed by atoms with E-state index in [1.807, 2.05) is 11.3 Å². The number of thiophene rings is 1. The molecule has 0 fully saturated rings. The number of rotatable bonds is 1. The van der Waals surface area contributed by atoms with Crippen LogP contribution < -0.4 is 0 Å². The zero-order valence-corrected chi connectivity index (χ0v) is 12.7. The maximum atomic E-state index is 2.61. The van der Waals surface area contributed by atoms with Crippen LogP contribution in [0.2, 0.25) is 0 Å². The van der Waals surface area contributed by atoms with Gasteiger partial charge in [-0.1, -0.05) is 30.3 Å². The van der Waals surface area contributed by atoms with E-state index in [9.17, 15) is 0 Å². The van der Waals surface area contributed by atoms with Gasteiger partial charge in [0.25, 0.3) is 0 Å². The molecule has 0 bridgehead atoms. The Morgan fingerprint density at radius 1 is 1.24 bits per heavy atom. The van der Waals surface area contributed by atoms with Crippen molar-refractivity contribution in [3.05, 3.63) is 57.8 Å². The van der Waals surface area contributed by atoms with Crippen molar-refractivity contribution in [3.63, 3.8) is 0 Å². The van der Waals surface area contributed by atoms with Gasteiger partial charge < -0.3 is 0 Å². The van der Waals surface area contributed by atoms with E-state index >= 15 is 0 Å². The number of hydrogen-bond acceptors (Lipinski definition) is 2. The summed E-state index contributed by atoms with van der Waals surface area (Å²) in [4.78, 5) is 3.88. The Labute approximate surface area is 120 Å². The Morgan fingerprint density at radius 2 is 2.06 bits per heavy atom. The Bertz CT molecular complexity index is 523. The minimum Gasteiger partial charge on any atom is -0.284 e. The summed E-state index contributed by atoms with van der Waals surface area (Å²) in [5.74, 6) is 0. The zero-order chi connectivity index (χ0) is 11.9. The van der Waals surface area contributed by atoms with Gasteiger partial charge in [-0.05, 0) is 58.6 Å². The van der Waals surface area contributed by atoms with Gasteiger partial charge in [0.2, 0.25) is 0 Å². The van der Waals surface area contributed by atoms with Crippen molar-refractivity contribution in [3.8, 4) is 0 Å². The molecule has 1 aromatic heterocycles. The first-order valence-corrected chi connectivity index (χ1v) is 7.71. The van der Waals surface area contributed by atoms with E-state index in [1.165, 1.54) is 16.0 Å². The van der Waals surface area contributed by atoms with Crippen LogP contribution in [0.15, 0.2) is 41.8 Å². The van der Waals surface area contributed by atoms with Gasteiger partial charge in [0.15, 0.2) is 0 Å². The van der Waals surface area contributed by atoms with Crippen LogP contribution in [0.1, 0.15) is 16.0 Å². The maximum absolute atomic E-state index is 2.61. The van der Waals surface area contributed by atoms with Crippen molar-refractivity contribution in [1.82, 2.24) is 4.90 Å². The molecular weight excluding hydrogens is 341 g/mol. The second-order valence-corrected chi connectivity index (χ2v) is 6.94. The van der Waals surface area contributed by atoms with Gasteiger partial charge in [-0.15, -0.1) is 11.3 Å². The van der Waals surface area contributed by atoms with Gasteiger partial charge in [-0.2, -0.15) is 0 Å². The first-order chi connectivity index (χ1) is 8.23. The van der Waals surface area contributed by atoms with Crippen LogP contribution in [-0.2, 0) is 9.97 Å². The van der Waals surface area contributed by atoms with E-state index in [0.717, 1.165) is 13.0 Å². The minimum absolute atomic E-state index is 0.0147. The fourth-order valence-electron chi connectivity index (χ4n) is 2.50. The van der Waals surface area contributed by atoms with Crippen LogP contribution in [-0.4, -0.2) is 18.5 Å². The number of benzene rings is 1. The van der Waals surface area contributed by atoms with E-state index in [0.29, 0.717) is 0 Å². The smallest absolute Gasteiger partial charge is 0.133 e. The zero-order valence-electron chi connectivity index (χ0n) is 9.69. The highest BCUT2D eigenvalue weighted by molar-refractivity contribution is 14.1. The molecule has 88 valence electrons. The molecule has 1 aliphatic rings. The predicted octanol–water partition coefficient (Wildman–Crippen LogP) is 3.87. The fraction of sp³-hybridized carbons (Fsp3) is 0.286. The van der Waals surface area contributed by atoms with Gasteiger partial charge >= 0.3 is 0 Å². The summed E-state index contributed by atoms with van der Waals surface area (Å²) in [6.45, 7) is 1.12. The van der Waals surface area contributed by atoms with E-state index in [-0.39, 0.29) is 3.55 Å². The summed E-state index contributed by atoms with van der Waals surface area (Å²) in [5.41, 5.74) is 2.95. The number of fused-ring (bicyclic) bond motifs is 1. The molecule has 0 saturated carbocycles. The molecule has 17 heavy (non-hydrogen) atoms. The summed E-state index contributed by atoms with van der Waals surface area (Å²) in [7, 11) is 2.22. The van der Waals surface area contributed by atoms with Crippen molar-refractivity contribution in [2.75, 3.05) is 13.6 Å². The van der Waals surface area contributed by atoms with Crippen LogP contribution in [0, 0.1) is 0 Å². The normalized spacial score (nSPS) is 24.6. The molecule has 0 saturated heterocycles. The molecule has 1 unspecified atom stereocenters. The van der Waals surface area contributed by atoms with Crippen LogP contribution in [0.3, 0.4) is 0 Å². The molecule has 1 atom stereocenters. The number of halogens is 1. The van der Waals surface area contributed by atoms with Crippen molar-refractivity contribution in [1.29, 1.82) is 0 Å². The van der Waals surface area contributed by atoms with E-state index < -0.39 is 0 Å². The summed E-state index contributed by atoms with van der Waals surface area (Å²) in [5, 5.41) is 2.17. The number of nitrogens with zero attached hydrogens (tertiary/aromatic N) is 1. The Kier molecular flexibility index (Phi) is 3.00. The monoisotopic (exact) mass is 355 g/mol. The standard InChI is InChI=1S/C14H14INS/c1-16-9-8-11-5-2-3-6-12(11)14(16,15)13-7-4-10-17-13/h2-7,10H,8-9H2,1H3. The van der Waals surface area contributed by atoms with Crippen LogP contribution in [0.5, 0.6) is 0 Å². The Morgan fingerprint density at radius 3 is 2.82 bits per heavy atom. The van der Waals surface area contributed by atoms with Gasteiger partial charge in [0.1, 0.15) is 3.55 Å². The lowest BCUT2D eigenvalue weighted by molar-refractivity contribution is 0.252. The lowest BCUT2D eigenvalue weighted by Crippen LogP contribution is -2.44. The van der Waals surface area contributed by atoms with E-state index in [2.05, 4.69) is 76.3 Å². The molecular formula is C14H14INS. The second-order valence-electron chi connectivity index (χ2n) is 4.43. The van der Waals surface area contributed by atoms with Crippen molar-refractivity contribution in [2.24, 2.45) is 0 Å². The molecule has 1 aliphatic heterocycles. The molecule has 3 rings (SSSR count). The van der Waals surface area contributed by atoms with Gasteiger partial charge in [-0.25, -0.2) is 0 Å². The van der Waals surface area contributed by atoms with E-state index in [1.54, 1.807) is 0 Å². The van der Waals surface area contributed by atoms with Crippen molar-refractivity contribution in [2.45, 2.75) is 9.97 Å². The molecule has 1 aromatic carbocycles. The molecule has 2 aromatic rings. The maximum Gasteiger partial charge on any atom is 0.133 e. The first-order valence-electron chi connectivity index (χ1n) is 5.75. The van der Waals surface area contributed by atoms with Crippen LogP contribution >= 0.6 is 33.9 Å². The highest BCUT2D eigenvalue weighted by Gasteiger charge is 2.40. The highest BCUT2D eigenvalue weighted by atomic mass is 127. The van der Waals surface area contributed by atoms with Crippen molar-refractivity contribution >= 4 is 33.9 Å². The van der Waals surface area contributed by atoms with Crippen LogP contribution in [0.25, 0.3) is 0 Å². The number of alkyl halides is 1. The fourth-order valence-corrected chi connectivity index (χ4v) is 4.71. The SMILES string of the molecule is CN1CCc2ccccc2C1(I)c1cccs1. The highest BCUT2D eigenvalue weighted by Crippen LogP contribution is 2.47. The second kappa shape index (κ2) is 4.37. The third kappa shape index (κ3) is 1.75. The van der Waals surface area contributed by atoms with E-state index in [4.69, 9.17) is 0 Å². The molecule has 2 heterocycles.